The smallest absolute Gasteiger partial charge is 0.358 e. The van der Waals surface area contributed by atoms with Gasteiger partial charge in [0.2, 0.25) is 3.57 Å². The quantitative estimate of drug-likeness (QED) is 0.369. The highest BCUT2D eigenvalue weighted by molar-refractivity contribution is 5.88. The van der Waals surface area contributed by atoms with Gasteiger partial charge in [0.25, 0.3) is 0 Å². The topological polar surface area (TPSA) is 78.8 Å². The number of carbonyl (C=O) groups is 1. The van der Waals surface area contributed by atoms with E-state index < -0.39 is 27.2 Å². The third-order valence-electron chi connectivity index (χ3n) is 2.30. The molecule has 3 N–H and O–H groups in total. The first kappa shape index (κ1) is 13.8. The van der Waals surface area contributed by atoms with Crippen molar-refractivity contribution in [2.45, 2.75) is 0 Å². The number of aromatic carboxylic acids is 1. The van der Waals surface area contributed by atoms with Gasteiger partial charge in [0.1, 0.15) is 5.56 Å². The van der Waals surface area contributed by atoms with Crippen LogP contribution in [0.1, 0.15) is 10.4 Å². The van der Waals surface area contributed by atoms with Crippen LogP contribution in [0.5, 0.6) is 0 Å². The van der Waals surface area contributed by atoms with E-state index in [0.717, 1.165) is 7.14 Å². The molecule has 0 amide bonds. The van der Waals surface area contributed by atoms with Gasteiger partial charge in [-0.3, -0.25) is 0 Å². The fourth-order valence-corrected chi connectivity index (χ4v) is 3.97. The number of benzene rings is 2. The lowest BCUT2D eigenvalue weighted by molar-refractivity contribution is -0.597. The van der Waals surface area contributed by atoms with Crippen LogP contribution in [0, 0.1) is 7.14 Å². The summed E-state index contributed by atoms with van der Waals surface area (Å²) < 4.78 is 1.95. The van der Waals surface area contributed by atoms with Crippen molar-refractivity contribution < 1.29 is 41.4 Å². The summed E-state index contributed by atoms with van der Waals surface area (Å²) in [5, 5.41) is 17.5. The molecule has 0 bridgehead atoms. The first-order chi connectivity index (χ1) is 9.20. The van der Waals surface area contributed by atoms with Gasteiger partial charge < -0.3 is 5.11 Å². The highest BCUT2D eigenvalue weighted by Crippen LogP contribution is 2.10. The minimum Gasteiger partial charge on any atom is -0.478 e. The Bertz CT molecular complexity index is 574. The van der Waals surface area contributed by atoms with E-state index in [1.54, 1.807) is 12.1 Å². The highest BCUT2D eigenvalue weighted by Gasteiger charge is 2.24. The van der Waals surface area contributed by atoms with Crippen molar-refractivity contribution in [1.29, 1.82) is 0 Å². The van der Waals surface area contributed by atoms with E-state index in [0.29, 0.717) is 5.69 Å². The molecule has 0 radical (unpaired) electrons. The molecular weight excluding hydrogens is 361 g/mol. The van der Waals surface area contributed by atoms with Crippen LogP contribution in [0.25, 0.3) is 0 Å². The lowest BCUT2D eigenvalue weighted by atomic mass is 10.2. The first-order valence-corrected chi connectivity index (χ1v) is 7.50. The molecule has 0 aromatic heterocycles. The van der Waals surface area contributed by atoms with Crippen molar-refractivity contribution in [3.8, 4) is 0 Å². The minimum atomic E-state index is -0.993. The van der Waals surface area contributed by atoms with Gasteiger partial charge in [0, 0.05) is 0 Å². The van der Waals surface area contributed by atoms with Crippen LogP contribution in [0.2, 0.25) is 0 Å². The van der Waals surface area contributed by atoms with E-state index >= 15 is 0 Å². The average Bonchev–Trinajstić information content (AvgIpc) is 2.42. The molecule has 0 fully saturated rings. The number of hydrogen-bond acceptors (Lipinski definition) is 4. The van der Waals surface area contributed by atoms with Crippen molar-refractivity contribution >= 4 is 11.7 Å². The number of carboxylic acid groups (broad SMARTS) is 1. The number of halogens is 1. The van der Waals surface area contributed by atoms with E-state index in [1.165, 1.54) is 6.07 Å². The average molecular weight is 372 g/mol. The Labute approximate surface area is 120 Å². The van der Waals surface area contributed by atoms with E-state index in [4.69, 9.17) is 5.26 Å². The number of hydrogen-bond donors (Lipinski definition) is 3. The molecule has 5 nitrogen and oxygen atoms in total. The molecule has 2 rings (SSSR count). The lowest BCUT2D eigenvalue weighted by Gasteiger charge is -2.02. The third-order valence-corrected chi connectivity index (χ3v) is 5.17. The van der Waals surface area contributed by atoms with Gasteiger partial charge >= 0.3 is 27.2 Å². The van der Waals surface area contributed by atoms with Gasteiger partial charge in [-0.1, -0.05) is 18.2 Å². The summed E-state index contributed by atoms with van der Waals surface area (Å²) in [6.45, 7) is 0. The predicted molar refractivity (Wildman–Crippen MR) is 64.6 cm³/mol. The van der Waals surface area contributed by atoms with Gasteiger partial charge in [0.05, 0.1) is 5.69 Å². The van der Waals surface area contributed by atoms with Crippen molar-refractivity contribution in [3.05, 3.63) is 61.2 Å². The summed E-state index contributed by atoms with van der Waals surface area (Å²) in [6.07, 6.45) is 0. The Morgan fingerprint density at radius 1 is 1.16 bits per heavy atom. The molecule has 2 aromatic carbocycles. The largest absolute Gasteiger partial charge is 0.478 e. The molecule has 0 aliphatic carbocycles. The van der Waals surface area contributed by atoms with Crippen LogP contribution in [-0.4, -0.2) is 16.3 Å². The Balaban J connectivity index is 2.32. The van der Waals surface area contributed by atoms with E-state index in [9.17, 15) is 9.90 Å². The van der Waals surface area contributed by atoms with Crippen LogP contribution in [0.4, 0.5) is 5.69 Å². The molecule has 98 valence electrons. The molecule has 0 heterocycles. The number of anilines is 1. The van der Waals surface area contributed by atoms with Crippen LogP contribution in [0.15, 0.2) is 48.5 Å². The Kier molecular flexibility index (Phi) is 4.72. The van der Waals surface area contributed by atoms with Gasteiger partial charge in [0.15, 0.2) is 3.57 Å². The van der Waals surface area contributed by atoms with E-state index in [-0.39, 0.29) is 5.56 Å². The van der Waals surface area contributed by atoms with Gasteiger partial charge in [-0.15, -0.1) is 4.99 Å². The van der Waals surface area contributed by atoms with Crippen LogP contribution in [-0.2, 0) is 4.99 Å². The zero-order valence-electron chi connectivity index (χ0n) is 9.71. The molecular formula is C13H11INO4+. The van der Waals surface area contributed by atoms with Gasteiger partial charge in [-0.2, -0.15) is 0 Å². The monoisotopic (exact) mass is 372 g/mol. The van der Waals surface area contributed by atoms with Crippen LogP contribution < -0.4 is 26.7 Å². The third kappa shape index (κ3) is 3.66. The molecule has 0 atom stereocenters. The van der Waals surface area contributed by atoms with Crippen molar-refractivity contribution in [2.24, 2.45) is 0 Å². The molecule has 19 heavy (non-hydrogen) atoms. The maximum Gasteiger partial charge on any atom is 0.358 e. The van der Waals surface area contributed by atoms with Gasteiger partial charge in [-0.05, 0) is 30.3 Å². The molecule has 0 aliphatic rings. The molecule has 0 saturated heterocycles. The molecule has 0 aliphatic heterocycles. The minimum absolute atomic E-state index is 0.221. The Morgan fingerprint density at radius 3 is 2.53 bits per heavy atom. The summed E-state index contributed by atoms with van der Waals surface area (Å²) >= 11 is -0.561. The summed E-state index contributed by atoms with van der Waals surface area (Å²) in [5.74, 6) is -0.993. The summed E-state index contributed by atoms with van der Waals surface area (Å²) in [6, 6.07) is 14.6. The lowest BCUT2D eigenvalue weighted by Crippen LogP contribution is -3.61. The Hall–Kier alpha value is -1.64. The van der Waals surface area contributed by atoms with Crippen molar-refractivity contribution in [1.82, 2.24) is 0 Å². The first-order valence-electron chi connectivity index (χ1n) is 5.34. The summed E-state index contributed by atoms with van der Waals surface area (Å²) in [7, 11) is 0. The highest BCUT2D eigenvalue weighted by atomic mass is 127. The number of carboxylic acids is 1. The van der Waals surface area contributed by atoms with Crippen LogP contribution in [0.3, 0.4) is 0 Å². The standard InChI is InChI=1S/C13H10INO4/c16-13(17)11-8-10(15-19-18)6-7-12(11)14-9-4-2-1-3-5-9/h1-8,15H,(H-,16,17,18)/p+1. The Morgan fingerprint density at radius 2 is 1.89 bits per heavy atom. The van der Waals surface area contributed by atoms with Crippen molar-refractivity contribution in [2.75, 3.05) is 5.48 Å². The second-order valence-corrected chi connectivity index (χ2v) is 6.53. The second kappa shape index (κ2) is 6.50. The van der Waals surface area contributed by atoms with E-state index in [1.807, 2.05) is 30.3 Å². The molecule has 2 aromatic rings. The summed E-state index contributed by atoms with van der Waals surface area (Å²) in [4.78, 5) is 15.0. The number of nitrogens with one attached hydrogen (secondary N) is 1. The maximum absolute atomic E-state index is 11.3. The molecule has 0 spiro atoms. The molecule has 6 heteroatoms. The number of rotatable bonds is 5. The SMILES string of the molecule is O=C(O)c1cc(NOO)ccc1[I+]c1ccccc1. The zero-order valence-corrected chi connectivity index (χ0v) is 11.9. The zero-order chi connectivity index (χ0) is 13.7. The van der Waals surface area contributed by atoms with Crippen molar-refractivity contribution in [3.63, 3.8) is 0 Å². The fraction of sp³-hybridized carbons (Fsp3) is 0. The van der Waals surface area contributed by atoms with Crippen LogP contribution >= 0.6 is 0 Å². The summed E-state index contributed by atoms with van der Waals surface area (Å²) in [5.41, 5.74) is 2.81. The van der Waals surface area contributed by atoms with E-state index in [2.05, 4.69) is 10.5 Å². The fourth-order valence-electron chi connectivity index (χ4n) is 1.48. The predicted octanol–water partition coefficient (Wildman–Crippen LogP) is -0.670. The second-order valence-electron chi connectivity index (χ2n) is 3.58. The molecule has 0 saturated carbocycles. The molecule has 0 unspecified atom stereocenters. The normalized spacial score (nSPS) is 10.2. The maximum atomic E-state index is 11.3. The van der Waals surface area contributed by atoms with Gasteiger partial charge in [-0.25, -0.2) is 15.5 Å².